The van der Waals surface area contributed by atoms with Crippen LogP contribution in [0.2, 0.25) is 0 Å². The molecule has 0 bridgehead atoms. The van der Waals surface area contributed by atoms with E-state index in [1.165, 1.54) is 28.4 Å². The Bertz CT molecular complexity index is 380. The number of halogens is 1. The van der Waals surface area contributed by atoms with E-state index in [0.29, 0.717) is 11.3 Å². The van der Waals surface area contributed by atoms with Gasteiger partial charge in [0.25, 0.3) is 0 Å². The average Bonchev–Trinajstić information content (AvgIpc) is 2.35. The molecule has 0 fully saturated rings. The van der Waals surface area contributed by atoms with Gasteiger partial charge in [-0.05, 0) is 42.6 Å². The largest absolute Gasteiger partial charge is 0.309 e. The first-order valence-electron chi connectivity index (χ1n) is 6.39. The van der Waals surface area contributed by atoms with Crippen molar-refractivity contribution < 1.29 is 0 Å². The zero-order valence-corrected chi connectivity index (χ0v) is 12.9. The van der Waals surface area contributed by atoms with Crippen LogP contribution in [0.25, 0.3) is 0 Å². The molecule has 0 aromatic heterocycles. The SMILES string of the molecule is CCCNC1c2cc(Br)ccc2CSC1CC. The summed E-state index contributed by atoms with van der Waals surface area (Å²) in [6, 6.07) is 7.23. The lowest BCUT2D eigenvalue weighted by Crippen LogP contribution is -2.33. The first-order valence-corrected chi connectivity index (χ1v) is 8.23. The first kappa shape index (κ1) is 13.4. The molecule has 0 radical (unpaired) electrons. The highest BCUT2D eigenvalue weighted by molar-refractivity contribution is 9.10. The van der Waals surface area contributed by atoms with Crippen molar-refractivity contribution in [3.05, 3.63) is 33.8 Å². The zero-order valence-electron chi connectivity index (χ0n) is 10.5. The lowest BCUT2D eigenvalue weighted by molar-refractivity contribution is 0.498. The second-order valence-corrected chi connectivity index (χ2v) is 6.68. The maximum atomic E-state index is 3.71. The molecule has 17 heavy (non-hydrogen) atoms. The van der Waals surface area contributed by atoms with E-state index in [4.69, 9.17) is 0 Å². The lowest BCUT2D eigenvalue weighted by Gasteiger charge is -2.33. The van der Waals surface area contributed by atoms with E-state index in [2.05, 4.69) is 65.1 Å². The van der Waals surface area contributed by atoms with Crippen molar-refractivity contribution in [1.29, 1.82) is 0 Å². The van der Waals surface area contributed by atoms with Crippen molar-refractivity contribution >= 4 is 27.7 Å². The van der Waals surface area contributed by atoms with Gasteiger partial charge in [0.15, 0.2) is 0 Å². The molecular formula is C14H20BrNS. The van der Waals surface area contributed by atoms with E-state index in [0.717, 1.165) is 12.3 Å². The van der Waals surface area contributed by atoms with Crippen molar-refractivity contribution in [2.24, 2.45) is 0 Å². The normalized spacial score (nSPS) is 23.5. The van der Waals surface area contributed by atoms with Crippen LogP contribution in [0.15, 0.2) is 22.7 Å². The summed E-state index contributed by atoms with van der Waals surface area (Å²) < 4.78 is 1.20. The maximum Gasteiger partial charge on any atom is 0.0444 e. The average molecular weight is 314 g/mol. The molecule has 0 saturated heterocycles. The quantitative estimate of drug-likeness (QED) is 0.877. The fourth-order valence-electron chi connectivity index (χ4n) is 2.37. The predicted octanol–water partition coefficient (Wildman–Crippen LogP) is 4.52. The standard InChI is InChI=1S/C14H20BrNS/c1-3-7-16-14-12-8-11(15)6-5-10(12)9-17-13(14)4-2/h5-6,8,13-14,16H,3-4,7,9H2,1-2H3. The fourth-order valence-corrected chi connectivity index (χ4v) is 4.08. The third-order valence-electron chi connectivity index (χ3n) is 3.28. The smallest absolute Gasteiger partial charge is 0.0444 e. The Hall–Kier alpha value is 0.01000. The van der Waals surface area contributed by atoms with Gasteiger partial charge >= 0.3 is 0 Å². The van der Waals surface area contributed by atoms with Crippen LogP contribution in [0, 0.1) is 0 Å². The third kappa shape index (κ3) is 3.07. The molecule has 1 aromatic carbocycles. The van der Waals surface area contributed by atoms with E-state index >= 15 is 0 Å². The van der Waals surface area contributed by atoms with Crippen molar-refractivity contribution in [2.45, 2.75) is 43.7 Å². The summed E-state index contributed by atoms with van der Waals surface area (Å²) >= 11 is 5.69. The van der Waals surface area contributed by atoms with Crippen molar-refractivity contribution in [3.8, 4) is 0 Å². The fraction of sp³-hybridized carbons (Fsp3) is 0.571. The summed E-state index contributed by atoms with van der Waals surface area (Å²) in [6.07, 6.45) is 2.43. The van der Waals surface area contributed by atoms with Gasteiger partial charge in [-0.1, -0.05) is 35.8 Å². The van der Waals surface area contributed by atoms with Crippen molar-refractivity contribution in [3.63, 3.8) is 0 Å². The van der Waals surface area contributed by atoms with E-state index in [9.17, 15) is 0 Å². The molecule has 2 rings (SSSR count). The van der Waals surface area contributed by atoms with E-state index in [1.54, 1.807) is 0 Å². The number of nitrogens with one attached hydrogen (secondary N) is 1. The van der Waals surface area contributed by atoms with Gasteiger partial charge in [0.2, 0.25) is 0 Å². The number of benzene rings is 1. The van der Waals surface area contributed by atoms with Crippen LogP contribution in [0.1, 0.15) is 43.9 Å². The Morgan fingerprint density at radius 2 is 2.24 bits per heavy atom. The van der Waals surface area contributed by atoms with Crippen LogP contribution in [0.5, 0.6) is 0 Å². The van der Waals surface area contributed by atoms with Gasteiger partial charge in [-0.2, -0.15) is 11.8 Å². The molecule has 1 aliphatic heterocycles. The summed E-state index contributed by atoms with van der Waals surface area (Å²) in [7, 11) is 0. The Morgan fingerprint density at radius 3 is 2.94 bits per heavy atom. The molecule has 3 heteroatoms. The molecule has 94 valence electrons. The molecule has 1 heterocycles. The highest BCUT2D eigenvalue weighted by atomic mass is 79.9. The molecule has 2 atom stereocenters. The minimum atomic E-state index is 0.520. The summed E-state index contributed by atoms with van der Waals surface area (Å²) in [5.74, 6) is 1.16. The number of thioether (sulfide) groups is 1. The Balaban J connectivity index is 2.28. The van der Waals surface area contributed by atoms with Crippen molar-refractivity contribution in [1.82, 2.24) is 5.32 Å². The number of hydrogen-bond acceptors (Lipinski definition) is 2. The van der Waals surface area contributed by atoms with Gasteiger partial charge in [0, 0.05) is 21.5 Å². The van der Waals surface area contributed by atoms with Gasteiger partial charge in [0.1, 0.15) is 0 Å². The molecular weight excluding hydrogens is 294 g/mol. The summed E-state index contributed by atoms with van der Waals surface area (Å²) in [6.45, 7) is 5.63. The highest BCUT2D eigenvalue weighted by Gasteiger charge is 2.28. The lowest BCUT2D eigenvalue weighted by atomic mass is 9.96. The van der Waals surface area contributed by atoms with Crippen LogP contribution < -0.4 is 5.32 Å². The Morgan fingerprint density at radius 1 is 1.41 bits per heavy atom. The van der Waals surface area contributed by atoms with Crippen LogP contribution in [0.3, 0.4) is 0 Å². The number of hydrogen-bond donors (Lipinski definition) is 1. The Labute approximate surface area is 117 Å². The van der Waals surface area contributed by atoms with Crippen LogP contribution >= 0.6 is 27.7 Å². The second-order valence-electron chi connectivity index (χ2n) is 4.53. The molecule has 1 N–H and O–H groups in total. The van der Waals surface area contributed by atoms with Crippen LogP contribution in [-0.4, -0.2) is 11.8 Å². The Kier molecular flexibility index (Phi) is 4.95. The maximum absolute atomic E-state index is 3.71. The van der Waals surface area contributed by atoms with Gasteiger partial charge in [-0.3, -0.25) is 0 Å². The van der Waals surface area contributed by atoms with Gasteiger partial charge in [0.05, 0.1) is 0 Å². The molecule has 0 spiro atoms. The van der Waals surface area contributed by atoms with E-state index < -0.39 is 0 Å². The van der Waals surface area contributed by atoms with Gasteiger partial charge in [-0.25, -0.2) is 0 Å². The monoisotopic (exact) mass is 313 g/mol. The van der Waals surface area contributed by atoms with Crippen molar-refractivity contribution in [2.75, 3.05) is 6.54 Å². The number of fused-ring (bicyclic) bond motifs is 1. The summed E-state index contributed by atoms with van der Waals surface area (Å²) in [5.41, 5.74) is 3.00. The molecule has 1 aromatic rings. The molecule has 1 aliphatic rings. The molecule has 1 nitrogen and oxygen atoms in total. The van der Waals surface area contributed by atoms with Gasteiger partial charge < -0.3 is 5.32 Å². The third-order valence-corrected chi connectivity index (χ3v) is 5.29. The molecule has 2 unspecified atom stereocenters. The van der Waals surface area contributed by atoms with E-state index in [1.807, 2.05) is 0 Å². The first-order chi connectivity index (χ1) is 8.26. The summed E-state index contributed by atoms with van der Waals surface area (Å²) in [4.78, 5) is 0. The van der Waals surface area contributed by atoms with E-state index in [-0.39, 0.29) is 0 Å². The zero-order chi connectivity index (χ0) is 12.3. The summed E-state index contributed by atoms with van der Waals surface area (Å²) in [5, 5.41) is 4.43. The number of rotatable bonds is 4. The minimum absolute atomic E-state index is 0.520. The highest BCUT2D eigenvalue weighted by Crippen LogP contribution is 2.40. The molecule has 0 saturated carbocycles. The minimum Gasteiger partial charge on any atom is -0.309 e. The van der Waals surface area contributed by atoms with Crippen LogP contribution in [-0.2, 0) is 5.75 Å². The molecule has 0 amide bonds. The van der Waals surface area contributed by atoms with Crippen LogP contribution in [0.4, 0.5) is 0 Å². The second kappa shape index (κ2) is 6.26. The van der Waals surface area contributed by atoms with Gasteiger partial charge in [-0.15, -0.1) is 0 Å². The molecule has 0 aliphatic carbocycles. The predicted molar refractivity (Wildman–Crippen MR) is 80.6 cm³/mol. The topological polar surface area (TPSA) is 12.0 Å².